The molecule has 4 N–H and O–H groups in total. The number of aromatic nitrogens is 4. The van der Waals surface area contributed by atoms with Gasteiger partial charge in [-0.3, -0.25) is 0 Å². The number of nitrogens with one attached hydrogen (secondary N) is 4. The summed E-state index contributed by atoms with van der Waals surface area (Å²) >= 11 is 0. The van der Waals surface area contributed by atoms with E-state index < -0.39 is 10.0 Å². The molecule has 2 heterocycles. The third kappa shape index (κ3) is 5.77. The van der Waals surface area contributed by atoms with Crippen molar-refractivity contribution in [2.45, 2.75) is 43.5 Å². The number of aromatic amines is 2. The molecular formula is C25H29N6O3S+. The Morgan fingerprint density at radius 2 is 1.80 bits per heavy atom. The maximum atomic E-state index is 12.7. The highest BCUT2D eigenvalue weighted by Gasteiger charge is 2.21. The van der Waals surface area contributed by atoms with Gasteiger partial charge >= 0.3 is 5.95 Å². The predicted molar refractivity (Wildman–Crippen MR) is 133 cm³/mol. The van der Waals surface area contributed by atoms with Gasteiger partial charge in [0.25, 0.3) is 11.5 Å². The topological polar surface area (TPSA) is 123 Å². The van der Waals surface area contributed by atoms with Gasteiger partial charge in [-0.05, 0) is 53.6 Å². The largest absolute Gasteiger partial charge is 0.466 e. The molecule has 0 atom stereocenters. The van der Waals surface area contributed by atoms with E-state index in [9.17, 15) is 8.42 Å². The lowest BCUT2D eigenvalue weighted by atomic mass is 9.90. The van der Waals surface area contributed by atoms with Crippen molar-refractivity contribution in [3.8, 4) is 5.88 Å². The molecule has 182 valence electrons. The molecule has 9 nitrogen and oxygen atoms in total. The number of fused-ring (bicyclic) bond motifs is 1. The van der Waals surface area contributed by atoms with Gasteiger partial charge in [0.2, 0.25) is 10.0 Å². The summed E-state index contributed by atoms with van der Waals surface area (Å²) in [5, 5.41) is 3.18. The average Bonchev–Trinajstić information content (AvgIpc) is 3.37. The molecule has 10 heteroatoms. The van der Waals surface area contributed by atoms with Crippen molar-refractivity contribution in [3.63, 3.8) is 0 Å². The Bertz CT molecular complexity index is 1370. The number of ether oxygens (including phenoxy) is 1. The maximum Gasteiger partial charge on any atom is 0.399 e. The highest BCUT2D eigenvalue weighted by atomic mass is 32.2. The minimum Gasteiger partial charge on any atom is -0.466 e. The summed E-state index contributed by atoms with van der Waals surface area (Å²) in [6, 6.07) is 15.9. The van der Waals surface area contributed by atoms with E-state index in [2.05, 4.69) is 30.0 Å². The minimum atomic E-state index is -3.63. The van der Waals surface area contributed by atoms with Crippen LogP contribution in [0.4, 0.5) is 11.6 Å². The molecule has 0 unspecified atom stereocenters. The van der Waals surface area contributed by atoms with Gasteiger partial charge in [-0.25, -0.2) is 28.4 Å². The third-order valence-electron chi connectivity index (χ3n) is 6.22. The fraction of sp³-hybridized carbons (Fsp3) is 0.320. The maximum absolute atomic E-state index is 12.7. The standard InChI is InChI=1S/C25H28N6O3S/c32-35(33,28-15-18-7-3-1-4-8-18)21-13-11-20(12-14-21)29-25-30-23-22(26-17-27-23)24(31-25)34-16-19-9-5-2-6-10-19/h1,3-4,7-8,11-14,17,19,28H,2,5-6,9-10,15-16H2,(H2,26,27,29,30,31)/p+1. The Hall–Kier alpha value is -3.50. The molecule has 2 aromatic carbocycles. The first kappa shape index (κ1) is 23.3. The molecule has 1 fully saturated rings. The van der Waals surface area contributed by atoms with E-state index >= 15 is 0 Å². The summed E-state index contributed by atoms with van der Waals surface area (Å²) < 4.78 is 34.1. The lowest BCUT2D eigenvalue weighted by Crippen LogP contribution is -2.23. The number of H-pyrrole nitrogens is 2. The number of benzene rings is 2. The predicted octanol–water partition coefficient (Wildman–Crippen LogP) is 3.95. The zero-order valence-corrected chi connectivity index (χ0v) is 20.1. The second-order valence-corrected chi connectivity index (χ2v) is 10.6. The summed E-state index contributed by atoms with van der Waals surface area (Å²) in [7, 11) is -3.63. The lowest BCUT2D eigenvalue weighted by molar-refractivity contribution is -0.380. The van der Waals surface area contributed by atoms with Crippen LogP contribution >= 0.6 is 0 Å². The Balaban J connectivity index is 1.27. The molecule has 1 aliphatic carbocycles. The monoisotopic (exact) mass is 493 g/mol. The van der Waals surface area contributed by atoms with Crippen molar-refractivity contribution in [1.29, 1.82) is 0 Å². The molecular weight excluding hydrogens is 464 g/mol. The Labute approximate surface area is 204 Å². The van der Waals surface area contributed by atoms with Gasteiger partial charge in [-0.15, -0.1) is 0 Å². The first-order valence-electron chi connectivity index (χ1n) is 11.9. The Morgan fingerprint density at radius 3 is 2.57 bits per heavy atom. The zero-order valence-electron chi connectivity index (χ0n) is 19.3. The smallest absolute Gasteiger partial charge is 0.399 e. The van der Waals surface area contributed by atoms with E-state index in [-0.39, 0.29) is 11.4 Å². The highest BCUT2D eigenvalue weighted by molar-refractivity contribution is 7.89. The number of imidazole rings is 1. The molecule has 4 aromatic rings. The fourth-order valence-electron chi connectivity index (χ4n) is 4.28. The van der Waals surface area contributed by atoms with Crippen LogP contribution in [0.3, 0.4) is 0 Å². The zero-order chi connectivity index (χ0) is 24.1. The Kier molecular flexibility index (Phi) is 6.91. The summed E-state index contributed by atoms with van der Waals surface area (Å²) in [6.45, 7) is 0.881. The van der Waals surface area contributed by atoms with Crippen LogP contribution in [0.5, 0.6) is 5.88 Å². The van der Waals surface area contributed by atoms with Crippen LogP contribution in [0, 0.1) is 5.92 Å². The van der Waals surface area contributed by atoms with Crippen LogP contribution in [0.15, 0.2) is 65.8 Å². The van der Waals surface area contributed by atoms with Crippen molar-refractivity contribution in [1.82, 2.24) is 19.7 Å². The second-order valence-electron chi connectivity index (χ2n) is 8.79. The van der Waals surface area contributed by atoms with Gasteiger partial charge in [0.15, 0.2) is 5.52 Å². The first-order chi connectivity index (χ1) is 17.1. The summed E-state index contributed by atoms with van der Waals surface area (Å²) in [5.41, 5.74) is 2.83. The quantitative estimate of drug-likeness (QED) is 0.324. The number of rotatable bonds is 9. The van der Waals surface area contributed by atoms with E-state index in [1.165, 1.54) is 32.1 Å². The third-order valence-corrected chi connectivity index (χ3v) is 7.64. The van der Waals surface area contributed by atoms with Crippen LogP contribution in [-0.2, 0) is 16.6 Å². The van der Waals surface area contributed by atoms with Crippen LogP contribution in [0.2, 0.25) is 0 Å². The minimum absolute atomic E-state index is 0.190. The molecule has 0 saturated heterocycles. The molecule has 0 bridgehead atoms. The van der Waals surface area contributed by atoms with E-state index in [1.807, 2.05) is 30.3 Å². The molecule has 1 aliphatic rings. The van der Waals surface area contributed by atoms with Crippen molar-refractivity contribution < 1.29 is 18.1 Å². The average molecular weight is 494 g/mol. The second kappa shape index (κ2) is 10.4. The van der Waals surface area contributed by atoms with Crippen LogP contribution < -0.4 is 19.8 Å². The molecule has 35 heavy (non-hydrogen) atoms. The number of hydrogen-bond acceptors (Lipinski definition) is 6. The van der Waals surface area contributed by atoms with Crippen LogP contribution in [0.1, 0.15) is 37.7 Å². The van der Waals surface area contributed by atoms with Gasteiger partial charge in [0, 0.05) is 6.54 Å². The van der Waals surface area contributed by atoms with Crippen molar-refractivity contribution >= 4 is 32.8 Å². The number of hydrogen-bond donors (Lipinski definition) is 3. The van der Waals surface area contributed by atoms with Crippen LogP contribution in [0.25, 0.3) is 11.2 Å². The van der Waals surface area contributed by atoms with E-state index in [0.29, 0.717) is 35.7 Å². The molecule has 5 rings (SSSR count). The SMILES string of the molecule is O=S(=O)(NCc1ccccc1)c1ccc(Nc2nc3nc[nH]c3c(OCC3CCCCC3)[nH+]2)cc1. The lowest BCUT2D eigenvalue weighted by Gasteiger charge is -2.21. The molecule has 0 spiro atoms. The van der Waals surface area contributed by atoms with E-state index in [1.54, 1.807) is 30.6 Å². The van der Waals surface area contributed by atoms with Gasteiger partial charge in [0.1, 0.15) is 0 Å². The summed E-state index contributed by atoms with van der Waals surface area (Å²) in [6.07, 6.45) is 7.79. The van der Waals surface area contributed by atoms with Gasteiger partial charge in [0.05, 0.1) is 23.5 Å². The number of anilines is 2. The van der Waals surface area contributed by atoms with E-state index in [4.69, 9.17) is 4.74 Å². The van der Waals surface area contributed by atoms with Gasteiger partial charge in [-0.2, -0.15) is 0 Å². The first-order valence-corrected chi connectivity index (χ1v) is 13.3. The molecule has 2 aromatic heterocycles. The van der Waals surface area contributed by atoms with Crippen molar-refractivity contribution in [2.24, 2.45) is 5.92 Å². The number of sulfonamides is 1. The fourth-order valence-corrected chi connectivity index (χ4v) is 5.29. The van der Waals surface area contributed by atoms with Gasteiger partial charge in [-0.1, -0.05) is 49.6 Å². The van der Waals surface area contributed by atoms with Crippen LogP contribution in [-0.4, -0.2) is 30.0 Å². The molecule has 0 amide bonds. The highest BCUT2D eigenvalue weighted by Crippen LogP contribution is 2.26. The van der Waals surface area contributed by atoms with E-state index in [0.717, 1.165) is 11.1 Å². The Morgan fingerprint density at radius 1 is 1.03 bits per heavy atom. The summed E-state index contributed by atoms with van der Waals surface area (Å²) in [5.74, 6) is 1.61. The summed E-state index contributed by atoms with van der Waals surface area (Å²) in [4.78, 5) is 15.2. The van der Waals surface area contributed by atoms with Gasteiger partial charge < -0.3 is 9.72 Å². The van der Waals surface area contributed by atoms with Crippen molar-refractivity contribution in [3.05, 3.63) is 66.5 Å². The molecule has 0 radical (unpaired) electrons. The molecule has 1 saturated carbocycles. The normalized spacial score (nSPS) is 14.7. The number of nitrogens with zero attached hydrogens (tertiary/aromatic N) is 2. The van der Waals surface area contributed by atoms with Crippen molar-refractivity contribution in [2.75, 3.05) is 11.9 Å². The molecule has 0 aliphatic heterocycles.